The first-order valence-electron chi connectivity index (χ1n) is 6.45. The van der Waals surface area contributed by atoms with E-state index in [0.29, 0.717) is 26.2 Å². The van der Waals surface area contributed by atoms with Crippen LogP contribution in [0.1, 0.15) is 6.42 Å². The van der Waals surface area contributed by atoms with E-state index in [1.165, 1.54) is 6.20 Å². The molecule has 1 fully saturated rings. The smallest absolute Gasteiger partial charge is 0.246 e. The van der Waals surface area contributed by atoms with Crippen molar-refractivity contribution in [1.82, 2.24) is 19.0 Å². The van der Waals surface area contributed by atoms with Crippen molar-refractivity contribution in [2.45, 2.75) is 17.9 Å². The van der Waals surface area contributed by atoms with Crippen molar-refractivity contribution in [1.29, 1.82) is 0 Å². The van der Waals surface area contributed by atoms with Crippen LogP contribution in [-0.2, 0) is 16.6 Å². The third-order valence-electron chi connectivity index (χ3n) is 3.28. The number of hydrogen-bond acceptors (Lipinski definition) is 5. The molecular formula is C11H21N5O2S. The van der Waals surface area contributed by atoms with Crippen molar-refractivity contribution >= 4 is 10.0 Å². The van der Waals surface area contributed by atoms with Gasteiger partial charge in [0, 0.05) is 32.4 Å². The van der Waals surface area contributed by atoms with Gasteiger partial charge in [-0.1, -0.05) is 0 Å². The van der Waals surface area contributed by atoms with E-state index in [-0.39, 0.29) is 4.90 Å². The van der Waals surface area contributed by atoms with Crippen molar-refractivity contribution in [2.24, 2.45) is 5.73 Å². The fraction of sp³-hybridized carbons (Fsp3) is 0.727. The van der Waals surface area contributed by atoms with E-state index in [0.717, 1.165) is 19.5 Å². The van der Waals surface area contributed by atoms with Gasteiger partial charge in [0.15, 0.2) is 0 Å². The summed E-state index contributed by atoms with van der Waals surface area (Å²) in [7, 11) is -1.41. The molecule has 2 heterocycles. The fourth-order valence-electron chi connectivity index (χ4n) is 2.14. The van der Waals surface area contributed by atoms with Gasteiger partial charge in [-0.2, -0.15) is 9.40 Å². The Hall–Kier alpha value is -0.960. The molecule has 0 radical (unpaired) electrons. The van der Waals surface area contributed by atoms with Crippen molar-refractivity contribution in [3.05, 3.63) is 12.4 Å². The van der Waals surface area contributed by atoms with E-state index < -0.39 is 10.0 Å². The predicted molar refractivity (Wildman–Crippen MR) is 72.2 cm³/mol. The Morgan fingerprint density at radius 2 is 2.11 bits per heavy atom. The summed E-state index contributed by atoms with van der Waals surface area (Å²) in [5, 5.41) is 4.03. The Kier molecular flexibility index (Phi) is 4.56. The molecule has 0 saturated carbocycles. The number of aromatic nitrogens is 2. The molecule has 108 valence electrons. The lowest BCUT2D eigenvalue weighted by atomic mass is 10.4. The van der Waals surface area contributed by atoms with Crippen molar-refractivity contribution in [3.8, 4) is 0 Å². The first kappa shape index (κ1) is 14.4. The molecule has 1 aliphatic rings. The van der Waals surface area contributed by atoms with Gasteiger partial charge < -0.3 is 10.6 Å². The zero-order chi connectivity index (χ0) is 13.9. The molecule has 1 saturated heterocycles. The van der Waals surface area contributed by atoms with Gasteiger partial charge in [0.2, 0.25) is 10.0 Å². The molecule has 0 unspecified atom stereocenters. The number of rotatable bonds is 4. The average molecular weight is 287 g/mol. The summed E-state index contributed by atoms with van der Waals surface area (Å²) in [4.78, 5) is 2.40. The first-order valence-corrected chi connectivity index (χ1v) is 7.89. The van der Waals surface area contributed by atoms with Crippen LogP contribution in [0, 0.1) is 0 Å². The highest BCUT2D eigenvalue weighted by Crippen LogP contribution is 2.16. The van der Waals surface area contributed by atoms with Crippen LogP contribution in [-0.4, -0.2) is 67.2 Å². The number of nitrogens with two attached hydrogens (primary N) is 1. The number of hydrogen-bond donors (Lipinski definition) is 1. The monoisotopic (exact) mass is 287 g/mol. The molecular weight excluding hydrogens is 266 g/mol. The number of sulfonamides is 1. The largest absolute Gasteiger partial charge is 0.329 e. The van der Waals surface area contributed by atoms with E-state index in [9.17, 15) is 8.42 Å². The summed E-state index contributed by atoms with van der Waals surface area (Å²) in [5.74, 6) is 0. The van der Waals surface area contributed by atoms with E-state index in [1.54, 1.807) is 15.2 Å². The van der Waals surface area contributed by atoms with Crippen LogP contribution in [0.25, 0.3) is 0 Å². The second-order valence-corrected chi connectivity index (χ2v) is 6.73. The van der Waals surface area contributed by atoms with Gasteiger partial charge in [-0.25, -0.2) is 8.42 Å². The predicted octanol–water partition coefficient (Wildman–Crippen LogP) is -0.832. The summed E-state index contributed by atoms with van der Waals surface area (Å²) in [6, 6.07) is 0. The minimum Gasteiger partial charge on any atom is -0.329 e. The zero-order valence-electron chi connectivity index (χ0n) is 11.2. The molecule has 2 N–H and O–H groups in total. The number of nitrogens with zero attached hydrogens (tertiary/aromatic N) is 4. The molecule has 2 rings (SSSR count). The molecule has 0 bridgehead atoms. The highest BCUT2D eigenvalue weighted by atomic mass is 32.2. The van der Waals surface area contributed by atoms with Gasteiger partial charge in [-0.3, -0.25) is 4.68 Å². The molecule has 1 aliphatic heterocycles. The van der Waals surface area contributed by atoms with Crippen LogP contribution in [0.5, 0.6) is 0 Å². The van der Waals surface area contributed by atoms with Gasteiger partial charge in [-0.15, -0.1) is 0 Å². The lowest BCUT2D eigenvalue weighted by Gasteiger charge is -2.19. The highest BCUT2D eigenvalue weighted by Gasteiger charge is 2.27. The van der Waals surface area contributed by atoms with E-state index in [2.05, 4.69) is 10.00 Å². The summed E-state index contributed by atoms with van der Waals surface area (Å²) in [6.45, 7) is 3.75. The summed E-state index contributed by atoms with van der Waals surface area (Å²) in [5.41, 5.74) is 5.43. The SMILES string of the molecule is CN1CCCN(S(=O)(=O)c2cnn(CCN)c2)CC1. The van der Waals surface area contributed by atoms with Crippen LogP contribution in [0.4, 0.5) is 0 Å². The lowest BCUT2D eigenvalue weighted by Crippen LogP contribution is -2.34. The summed E-state index contributed by atoms with van der Waals surface area (Å²) < 4.78 is 28.1. The van der Waals surface area contributed by atoms with Gasteiger partial charge in [0.25, 0.3) is 0 Å². The minimum absolute atomic E-state index is 0.255. The Bertz CT molecular complexity index is 513. The second kappa shape index (κ2) is 6.00. The Labute approximate surface area is 114 Å². The van der Waals surface area contributed by atoms with Crippen LogP contribution in [0.2, 0.25) is 0 Å². The van der Waals surface area contributed by atoms with Gasteiger partial charge in [0.1, 0.15) is 4.90 Å². The second-order valence-electron chi connectivity index (χ2n) is 4.79. The normalized spacial score (nSPS) is 19.5. The molecule has 1 aromatic rings. The summed E-state index contributed by atoms with van der Waals surface area (Å²) in [6.07, 6.45) is 3.81. The van der Waals surface area contributed by atoms with E-state index >= 15 is 0 Å². The minimum atomic E-state index is -3.42. The molecule has 19 heavy (non-hydrogen) atoms. The topological polar surface area (TPSA) is 84.5 Å². The molecule has 1 aromatic heterocycles. The Morgan fingerprint density at radius 1 is 1.32 bits per heavy atom. The third-order valence-corrected chi connectivity index (χ3v) is 5.14. The van der Waals surface area contributed by atoms with Crippen molar-refractivity contribution < 1.29 is 8.42 Å². The van der Waals surface area contributed by atoms with Crippen LogP contribution >= 0.6 is 0 Å². The Morgan fingerprint density at radius 3 is 2.84 bits per heavy atom. The highest BCUT2D eigenvalue weighted by molar-refractivity contribution is 7.89. The van der Waals surface area contributed by atoms with Gasteiger partial charge in [-0.05, 0) is 20.0 Å². The van der Waals surface area contributed by atoms with Crippen LogP contribution in [0.15, 0.2) is 17.3 Å². The van der Waals surface area contributed by atoms with Crippen LogP contribution < -0.4 is 5.73 Å². The molecule has 0 amide bonds. The lowest BCUT2D eigenvalue weighted by molar-refractivity contribution is 0.347. The standard InChI is InChI=1S/C11H21N5O2S/c1-14-4-2-5-16(8-7-14)19(17,18)11-9-13-15(10-11)6-3-12/h9-10H,2-8,12H2,1H3. The molecule has 7 nitrogen and oxygen atoms in total. The molecule has 0 spiro atoms. The number of likely N-dealkylation sites (N-methyl/N-ethyl adjacent to an activating group) is 1. The molecule has 0 aliphatic carbocycles. The molecule has 8 heteroatoms. The Balaban J connectivity index is 2.15. The van der Waals surface area contributed by atoms with E-state index in [4.69, 9.17) is 5.73 Å². The van der Waals surface area contributed by atoms with Crippen molar-refractivity contribution in [2.75, 3.05) is 39.8 Å². The average Bonchev–Trinajstić information content (AvgIpc) is 2.72. The first-order chi connectivity index (χ1) is 9.04. The maximum atomic E-state index is 12.5. The third kappa shape index (κ3) is 3.33. The van der Waals surface area contributed by atoms with Gasteiger partial charge in [0.05, 0.1) is 12.7 Å². The molecule has 0 aromatic carbocycles. The molecule has 0 atom stereocenters. The quantitative estimate of drug-likeness (QED) is 0.781. The summed E-state index contributed by atoms with van der Waals surface area (Å²) >= 11 is 0. The maximum Gasteiger partial charge on any atom is 0.246 e. The fourth-order valence-corrected chi connectivity index (χ4v) is 3.57. The zero-order valence-corrected chi connectivity index (χ0v) is 12.0. The van der Waals surface area contributed by atoms with Crippen LogP contribution in [0.3, 0.4) is 0 Å². The maximum absolute atomic E-state index is 12.5. The van der Waals surface area contributed by atoms with Crippen molar-refractivity contribution in [3.63, 3.8) is 0 Å². The van der Waals surface area contributed by atoms with Gasteiger partial charge >= 0.3 is 0 Å². The van der Waals surface area contributed by atoms with E-state index in [1.807, 2.05) is 7.05 Å².